The highest BCUT2D eigenvalue weighted by atomic mass is 32.2. The van der Waals surface area contributed by atoms with Gasteiger partial charge in [-0.05, 0) is 102 Å². The van der Waals surface area contributed by atoms with E-state index in [9.17, 15) is 23.3 Å². The number of rotatable bonds is 8. The number of carbonyl (C=O) groups excluding carboxylic acids is 1. The number of ether oxygens (including phenoxy) is 1. The van der Waals surface area contributed by atoms with Crippen molar-refractivity contribution in [3.63, 3.8) is 0 Å². The molecule has 5 nitrogen and oxygen atoms in total. The molecule has 0 amide bonds. The Hall–Kier alpha value is -3.84. The maximum atomic E-state index is 14.4. The van der Waals surface area contributed by atoms with Crippen LogP contribution in [0.25, 0.3) is 17.2 Å². The molecule has 0 saturated heterocycles. The van der Waals surface area contributed by atoms with E-state index in [1.807, 2.05) is 71.0 Å². The Balaban J connectivity index is 1.70. The van der Waals surface area contributed by atoms with Crippen molar-refractivity contribution < 1.29 is 28.0 Å². The Labute approximate surface area is 236 Å². The third kappa shape index (κ3) is 6.15. The summed E-state index contributed by atoms with van der Waals surface area (Å²) in [6.07, 6.45) is 3.39. The lowest BCUT2D eigenvalue weighted by Crippen LogP contribution is -2.25. The SMILES string of the molecule is CC1=C(CC(=O)Oc2cc(C)cc(C)c2C(C)(C)CC(=O)O)c2cc(F)ccc2/C1=C/c1ccc(S(C)=O)cc1. The van der Waals surface area contributed by atoms with Crippen LogP contribution < -0.4 is 4.74 Å². The first kappa shape index (κ1) is 29.2. The molecular weight excluding hydrogens is 527 g/mol. The van der Waals surface area contributed by atoms with Crippen molar-refractivity contribution in [3.8, 4) is 5.75 Å². The number of hydrogen-bond donors (Lipinski definition) is 1. The summed E-state index contributed by atoms with van der Waals surface area (Å²) in [6, 6.07) is 15.6. The van der Waals surface area contributed by atoms with Gasteiger partial charge in [-0.15, -0.1) is 0 Å². The number of hydrogen-bond acceptors (Lipinski definition) is 4. The third-order valence-electron chi connectivity index (χ3n) is 7.24. The summed E-state index contributed by atoms with van der Waals surface area (Å²) >= 11 is 0. The number of carbonyl (C=O) groups is 2. The van der Waals surface area contributed by atoms with E-state index in [0.717, 1.165) is 38.3 Å². The molecule has 0 spiro atoms. The molecule has 1 aliphatic rings. The molecule has 3 aromatic rings. The van der Waals surface area contributed by atoms with Crippen molar-refractivity contribution in [1.29, 1.82) is 0 Å². The highest BCUT2D eigenvalue weighted by Crippen LogP contribution is 2.44. The van der Waals surface area contributed by atoms with E-state index in [4.69, 9.17) is 4.74 Å². The van der Waals surface area contributed by atoms with Gasteiger partial charge in [0.25, 0.3) is 0 Å². The lowest BCUT2D eigenvalue weighted by molar-refractivity contribution is -0.138. The van der Waals surface area contributed by atoms with Gasteiger partial charge < -0.3 is 9.84 Å². The highest BCUT2D eigenvalue weighted by Gasteiger charge is 2.31. The van der Waals surface area contributed by atoms with Gasteiger partial charge in [-0.25, -0.2) is 4.39 Å². The van der Waals surface area contributed by atoms with Gasteiger partial charge in [-0.2, -0.15) is 0 Å². The molecule has 7 heteroatoms. The molecule has 0 aliphatic heterocycles. The molecule has 0 aromatic heterocycles. The molecular formula is C33H33FO5S. The first-order valence-electron chi connectivity index (χ1n) is 13.0. The summed E-state index contributed by atoms with van der Waals surface area (Å²) in [7, 11) is -1.08. The number of carboxylic acid groups (broad SMARTS) is 1. The summed E-state index contributed by atoms with van der Waals surface area (Å²) in [5, 5.41) is 9.47. The van der Waals surface area contributed by atoms with Gasteiger partial charge in [0, 0.05) is 32.9 Å². The molecule has 1 N–H and O–H groups in total. The molecule has 1 atom stereocenters. The summed E-state index contributed by atoms with van der Waals surface area (Å²) in [6.45, 7) is 9.32. The maximum absolute atomic E-state index is 14.4. The van der Waals surface area contributed by atoms with Crippen LogP contribution in [0.2, 0.25) is 0 Å². The second-order valence-corrected chi connectivity index (χ2v) is 12.3. The quantitative estimate of drug-likeness (QED) is 0.232. The van der Waals surface area contributed by atoms with Crippen LogP contribution in [0.5, 0.6) is 5.75 Å². The molecule has 40 heavy (non-hydrogen) atoms. The number of allylic oxidation sites excluding steroid dienone is 2. The molecule has 3 aromatic carbocycles. The van der Waals surface area contributed by atoms with Gasteiger partial charge in [-0.3, -0.25) is 13.8 Å². The van der Waals surface area contributed by atoms with E-state index in [1.54, 1.807) is 18.4 Å². The predicted molar refractivity (Wildman–Crippen MR) is 157 cm³/mol. The minimum absolute atomic E-state index is 0.0842. The Morgan fingerprint density at radius 1 is 1.00 bits per heavy atom. The zero-order valence-corrected chi connectivity index (χ0v) is 24.4. The van der Waals surface area contributed by atoms with E-state index in [-0.39, 0.29) is 12.8 Å². The van der Waals surface area contributed by atoms with Crippen molar-refractivity contribution in [3.05, 3.63) is 99.4 Å². The van der Waals surface area contributed by atoms with E-state index < -0.39 is 34.0 Å². The van der Waals surface area contributed by atoms with E-state index in [2.05, 4.69) is 0 Å². The van der Waals surface area contributed by atoms with Crippen molar-refractivity contribution in [2.75, 3.05) is 6.26 Å². The van der Waals surface area contributed by atoms with Crippen LogP contribution in [0, 0.1) is 19.7 Å². The topological polar surface area (TPSA) is 80.7 Å². The van der Waals surface area contributed by atoms with Crippen LogP contribution in [0.4, 0.5) is 4.39 Å². The van der Waals surface area contributed by atoms with Crippen LogP contribution >= 0.6 is 0 Å². The van der Waals surface area contributed by atoms with Crippen molar-refractivity contribution >= 4 is 40.0 Å². The van der Waals surface area contributed by atoms with Crippen LogP contribution in [-0.4, -0.2) is 27.5 Å². The van der Waals surface area contributed by atoms with Gasteiger partial charge in [-0.1, -0.05) is 38.1 Å². The van der Waals surface area contributed by atoms with Crippen LogP contribution in [0.1, 0.15) is 67.0 Å². The van der Waals surface area contributed by atoms with E-state index in [1.165, 1.54) is 12.1 Å². The van der Waals surface area contributed by atoms with Crippen LogP contribution in [0.15, 0.2) is 65.1 Å². The molecule has 0 heterocycles. The van der Waals surface area contributed by atoms with Gasteiger partial charge in [0.1, 0.15) is 11.6 Å². The molecule has 4 rings (SSSR count). The third-order valence-corrected chi connectivity index (χ3v) is 8.17. The number of carboxylic acids is 1. The number of aliphatic carboxylic acids is 1. The number of aryl methyl sites for hydroxylation is 2. The highest BCUT2D eigenvalue weighted by molar-refractivity contribution is 7.84. The fourth-order valence-corrected chi connectivity index (χ4v) is 6.07. The zero-order valence-electron chi connectivity index (χ0n) is 23.6. The summed E-state index contributed by atoms with van der Waals surface area (Å²) in [4.78, 5) is 25.7. The second kappa shape index (κ2) is 11.3. The molecule has 0 fully saturated rings. The Kier molecular flexibility index (Phi) is 8.26. The van der Waals surface area contributed by atoms with Crippen LogP contribution in [-0.2, 0) is 25.8 Å². The zero-order chi connectivity index (χ0) is 29.4. The fourth-order valence-electron chi connectivity index (χ4n) is 5.55. The monoisotopic (exact) mass is 560 g/mol. The first-order valence-corrected chi connectivity index (χ1v) is 14.5. The molecule has 1 aliphatic carbocycles. The van der Waals surface area contributed by atoms with Crippen molar-refractivity contribution in [1.82, 2.24) is 0 Å². The summed E-state index contributed by atoms with van der Waals surface area (Å²) < 4.78 is 32.0. The summed E-state index contributed by atoms with van der Waals surface area (Å²) in [5.74, 6) is -1.52. The molecule has 0 bridgehead atoms. The number of fused-ring (bicyclic) bond motifs is 1. The minimum atomic E-state index is -1.08. The molecule has 1 unspecified atom stereocenters. The predicted octanol–water partition coefficient (Wildman–Crippen LogP) is 7.26. The average Bonchev–Trinajstić information content (AvgIpc) is 3.08. The summed E-state index contributed by atoms with van der Waals surface area (Å²) in [5.41, 5.74) is 6.38. The molecule has 0 saturated carbocycles. The lowest BCUT2D eigenvalue weighted by Gasteiger charge is -2.28. The number of esters is 1. The maximum Gasteiger partial charge on any atom is 0.315 e. The largest absolute Gasteiger partial charge is 0.481 e. The first-order chi connectivity index (χ1) is 18.8. The van der Waals surface area contributed by atoms with Crippen LogP contribution in [0.3, 0.4) is 0 Å². The van der Waals surface area contributed by atoms with Crippen molar-refractivity contribution in [2.24, 2.45) is 0 Å². The van der Waals surface area contributed by atoms with Gasteiger partial charge in [0.05, 0.1) is 12.8 Å². The van der Waals surface area contributed by atoms with Gasteiger partial charge in [0.15, 0.2) is 0 Å². The van der Waals surface area contributed by atoms with E-state index in [0.29, 0.717) is 22.4 Å². The molecule has 208 valence electrons. The van der Waals surface area contributed by atoms with Crippen molar-refractivity contribution in [2.45, 2.75) is 57.8 Å². The van der Waals surface area contributed by atoms with Gasteiger partial charge in [0.2, 0.25) is 0 Å². The average molecular weight is 561 g/mol. The number of halogens is 1. The second-order valence-electron chi connectivity index (χ2n) is 10.9. The van der Waals surface area contributed by atoms with E-state index >= 15 is 0 Å². The smallest absolute Gasteiger partial charge is 0.315 e. The Morgan fingerprint density at radius 3 is 2.30 bits per heavy atom. The lowest BCUT2D eigenvalue weighted by atomic mass is 9.78. The normalized spacial score (nSPS) is 14.8. The Morgan fingerprint density at radius 2 is 1.68 bits per heavy atom. The number of benzene rings is 3. The fraction of sp³-hybridized carbons (Fsp3) is 0.273. The standard InChI is InChI=1S/C33H33FO5S/c1-19-13-20(2)32(33(4,5)18-30(35)36)29(14-19)39-31(37)17-27-21(3)26(25-12-9-23(34)16-28(25)27)15-22-7-10-24(11-8-22)40(6)38/h7-16H,17-18H2,1-6H3,(H,35,36)/b26-15+. The minimum Gasteiger partial charge on any atom is -0.481 e. The molecule has 0 radical (unpaired) electrons. The Bertz CT molecular complexity index is 1600. The van der Waals surface area contributed by atoms with Gasteiger partial charge >= 0.3 is 11.9 Å².